The molecule has 0 bridgehead atoms. The molecule has 1 amide bonds. The quantitative estimate of drug-likeness (QED) is 0.692. The largest absolute Gasteiger partial charge is 0.290 e. The standard InChI is InChI=1S/C12H9Cl2N3OS/c1-19-7-2-3-9(13)8(6-7)11(18)17-12-15-5-4-10(14)16-12/h2-6H,1H3,(H,15,16,17,18). The van der Waals surface area contributed by atoms with Gasteiger partial charge in [-0.3, -0.25) is 10.1 Å². The van der Waals surface area contributed by atoms with Crippen LogP contribution in [0.1, 0.15) is 10.4 Å². The van der Waals surface area contributed by atoms with Crippen molar-refractivity contribution in [1.29, 1.82) is 0 Å². The van der Waals surface area contributed by atoms with E-state index in [0.717, 1.165) is 4.90 Å². The molecule has 0 saturated heterocycles. The fraction of sp³-hybridized carbons (Fsp3) is 0.0833. The highest BCUT2D eigenvalue weighted by Gasteiger charge is 2.12. The second-order valence-corrected chi connectivity index (χ2v) is 5.18. The minimum Gasteiger partial charge on any atom is -0.290 e. The lowest BCUT2D eigenvalue weighted by molar-refractivity contribution is 0.102. The van der Waals surface area contributed by atoms with E-state index < -0.39 is 0 Å². The number of nitrogens with one attached hydrogen (secondary N) is 1. The van der Waals surface area contributed by atoms with E-state index in [2.05, 4.69) is 15.3 Å². The summed E-state index contributed by atoms with van der Waals surface area (Å²) in [6.45, 7) is 0. The van der Waals surface area contributed by atoms with Gasteiger partial charge >= 0.3 is 0 Å². The molecule has 0 spiro atoms. The molecule has 1 heterocycles. The first-order valence-electron chi connectivity index (χ1n) is 5.23. The predicted molar refractivity (Wildman–Crippen MR) is 78.2 cm³/mol. The highest BCUT2D eigenvalue weighted by Crippen LogP contribution is 2.23. The van der Waals surface area contributed by atoms with Gasteiger partial charge in [0.1, 0.15) is 5.15 Å². The Morgan fingerprint density at radius 3 is 2.79 bits per heavy atom. The number of nitrogens with zero attached hydrogens (tertiary/aromatic N) is 2. The summed E-state index contributed by atoms with van der Waals surface area (Å²) in [7, 11) is 0. The summed E-state index contributed by atoms with van der Waals surface area (Å²) in [4.78, 5) is 20.8. The van der Waals surface area contributed by atoms with Crippen LogP contribution in [0.3, 0.4) is 0 Å². The molecular weight excluding hydrogens is 305 g/mol. The Balaban J connectivity index is 2.25. The third-order valence-corrected chi connectivity index (χ3v) is 3.53. The Morgan fingerprint density at radius 2 is 2.11 bits per heavy atom. The molecule has 98 valence electrons. The Kier molecular flexibility index (Phi) is 4.63. The van der Waals surface area contributed by atoms with E-state index in [1.807, 2.05) is 12.3 Å². The maximum absolute atomic E-state index is 12.1. The molecule has 19 heavy (non-hydrogen) atoms. The number of hydrogen-bond donors (Lipinski definition) is 1. The van der Waals surface area contributed by atoms with Crippen molar-refractivity contribution in [3.05, 3.63) is 46.2 Å². The maximum Gasteiger partial charge on any atom is 0.259 e. The van der Waals surface area contributed by atoms with Crippen LogP contribution >= 0.6 is 35.0 Å². The molecule has 4 nitrogen and oxygen atoms in total. The number of anilines is 1. The lowest BCUT2D eigenvalue weighted by Crippen LogP contribution is -2.14. The van der Waals surface area contributed by atoms with Crippen LogP contribution in [0.4, 0.5) is 5.95 Å². The Hall–Kier alpha value is -1.30. The molecule has 0 radical (unpaired) electrons. The monoisotopic (exact) mass is 313 g/mol. The average molecular weight is 314 g/mol. The van der Waals surface area contributed by atoms with Crippen molar-refractivity contribution in [2.45, 2.75) is 4.90 Å². The third-order valence-electron chi connectivity index (χ3n) is 2.27. The number of hydrogen-bond acceptors (Lipinski definition) is 4. The smallest absolute Gasteiger partial charge is 0.259 e. The van der Waals surface area contributed by atoms with Crippen molar-refractivity contribution in [3.8, 4) is 0 Å². The minimum atomic E-state index is -0.372. The molecule has 1 aromatic heterocycles. The van der Waals surface area contributed by atoms with E-state index in [4.69, 9.17) is 23.2 Å². The van der Waals surface area contributed by atoms with Gasteiger partial charge in [-0.15, -0.1) is 11.8 Å². The maximum atomic E-state index is 12.1. The van der Waals surface area contributed by atoms with Gasteiger partial charge in [-0.1, -0.05) is 23.2 Å². The second kappa shape index (κ2) is 6.23. The molecule has 0 aliphatic heterocycles. The lowest BCUT2D eigenvalue weighted by atomic mass is 10.2. The third kappa shape index (κ3) is 3.59. The van der Waals surface area contributed by atoms with Crippen LogP contribution in [0.2, 0.25) is 10.2 Å². The zero-order valence-corrected chi connectivity index (χ0v) is 12.2. The van der Waals surface area contributed by atoms with Gasteiger partial charge in [0, 0.05) is 11.1 Å². The van der Waals surface area contributed by atoms with E-state index in [9.17, 15) is 4.79 Å². The van der Waals surface area contributed by atoms with Crippen molar-refractivity contribution in [3.63, 3.8) is 0 Å². The van der Waals surface area contributed by atoms with Crippen LogP contribution in [0.25, 0.3) is 0 Å². The molecule has 0 aliphatic rings. The highest BCUT2D eigenvalue weighted by molar-refractivity contribution is 7.98. The second-order valence-electron chi connectivity index (χ2n) is 3.50. The molecule has 1 aromatic carbocycles. The van der Waals surface area contributed by atoms with E-state index >= 15 is 0 Å². The van der Waals surface area contributed by atoms with Crippen LogP contribution in [-0.4, -0.2) is 22.1 Å². The molecule has 0 aliphatic carbocycles. The summed E-state index contributed by atoms with van der Waals surface area (Å²) < 4.78 is 0. The minimum absolute atomic E-state index is 0.142. The van der Waals surface area contributed by atoms with Crippen molar-refractivity contribution >= 4 is 46.8 Å². The Labute approximate surface area is 124 Å². The Bertz CT molecular complexity index is 622. The van der Waals surface area contributed by atoms with Gasteiger partial charge in [0.2, 0.25) is 5.95 Å². The first kappa shape index (κ1) is 14.1. The first-order chi connectivity index (χ1) is 9.10. The first-order valence-corrected chi connectivity index (χ1v) is 7.21. The molecule has 0 fully saturated rings. The summed E-state index contributed by atoms with van der Waals surface area (Å²) >= 11 is 13.3. The van der Waals surface area contributed by atoms with E-state index in [-0.39, 0.29) is 17.0 Å². The van der Waals surface area contributed by atoms with Crippen LogP contribution in [0.15, 0.2) is 35.4 Å². The fourth-order valence-electron chi connectivity index (χ4n) is 1.37. The fourth-order valence-corrected chi connectivity index (χ4v) is 2.15. The number of carbonyl (C=O) groups is 1. The van der Waals surface area contributed by atoms with E-state index in [1.165, 1.54) is 24.0 Å². The number of rotatable bonds is 3. The summed E-state index contributed by atoms with van der Waals surface area (Å²) in [5.41, 5.74) is 0.372. The SMILES string of the molecule is CSc1ccc(Cl)c(C(=O)Nc2nccc(Cl)n2)c1. The lowest BCUT2D eigenvalue weighted by Gasteiger charge is -2.07. The van der Waals surface area contributed by atoms with Gasteiger partial charge in [-0.25, -0.2) is 9.97 Å². The summed E-state index contributed by atoms with van der Waals surface area (Å²) in [6, 6.07) is 6.77. The Morgan fingerprint density at radius 1 is 1.32 bits per heavy atom. The van der Waals surface area contributed by atoms with Crippen molar-refractivity contribution in [2.75, 3.05) is 11.6 Å². The molecule has 0 unspecified atom stereocenters. The molecule has 2 aromatic rings. The number of halogens is 2. The predicted octanol–water partition coefficient (Wildman–Crippen LogP) is 3.76. The molecule has 0 saturated carbocycles. The van der Waals surface area contributed by atoms with Crippen molar-refractivity contribution in [1.82, 2.24) is 9.97 Å². The van der Waals surface area contributed by atoms with E-state index in [0.29, 0.717) is 10.6 Å². The molecule has 2 rings (SSSR count). The van der Waals surface area contributed by atoms with Gasteiger partial charge in [-0.05, 0) is 30.5 Å². The summed E-state index contributed by atoms with van der Waals surface area (Å²) in [6.07, 6.45) is 3.38. The molecule has 7 heteroatoms. The number of carbonyl (C=O) groups excluding carboxylic acids is 1. The van der Waals surface area contributed by atoms with E-state index in [1.54, 1.807) is 12.1 Å². The molecular formula is C12H9Cl2N3OS. The number of benzene rings is 1. The zero-order chi connectivity index (χ0) is 13.8. The van der Waals surface area contributed by atoms with Gasteiger partial charge in [0.05, 0.1) is 10.6 Å². The summed E-state index contributed by atoms with van der Waals surface area (Å²) in [5.74, 6) is -0.230. The van der Waals surface area contributed by atoms with Crippen LogP contribution in [0.5, 0.6) is 0 Å². The van der Waals surface area contributed by atoms with Gasteiger partial charge in [-0.2, -0.15) is 0 Å². The number of aromatic nitrogens is 2. The highest BCUT2D eigenvalue weighted by atomic mass is 35.5. The summed E-state index contributed by atoms with van der Waals surface area (Å²) in [5, 5.41) is 3.18. The van der Waals surface area contributed by atoms with Gasteiger partial charge in [0.15, 0.2) is 0 Å². The van der Waals surface area contributed by atoms with Gasteiger partial charge in [0.25, 0.3) is 5.91 Å². The van der Waals surface area contributed by atoms with Crippen molar-refractivity contribution < 1.29 is 4.79 Å². The zero-order valence-electron chi connectivity index (χ0n) is 9.85. The van der Waals surface area contributed by atoms with Crippen LogP contribution < -0.4 is 5.32 Å². The van der Waals surface area contributed by atoms with Crippen molar-refractivity contribution in [2.24, 2.45) is 0 Å². The van der Waals surface area contributed by atoms with Gasteiger partial charge < -0.3 is 0 Å². The average Bonchev–Trinajstić information content (AvgIpc) is 2.39. The van der Waals surface area contributed by atoms with Crippen LogP contribution in [-0.2, 0) is 0 Å². The van der Waals surface area contributed by atoms with Crippen LogP contribution in [0, 0.1) is 0 Å². The number of thioether (sulfide) groups is 1. The molecule has 1 N–H and O–H groups in total. The number of amides is 1. The topological polar surface area (TPSA) is 54.9 Å². The molecule has 0 atom stereocenters. The normalized spacial score (nSPS) is 10.3.